The van der Waals surface area contributed by atoms with Crippen LogP contribution >= 0.6 is 0 Å². The first kappa shape index (κ1) is 17.8. The van der Waals surface area contributed by atoms with Crippen LogP contribution in [0.3, 0.4) is 0 Å². The van der Waals surface area contributed by atoms with Gasteiger partial charge in [0.2, 0.25) is 5.91 Å². The second kappa shape index (κ2) is 8.26. The third-order valence-corrected chi connectivity index (χ3v) is 2.66. The van der Waals surface area contributed by atoms with E-state index in [0.29, 0.717) is 25.4 Å². The lowest BCUT2D eigenvalue weighted by molar-refractivity contribution is -0.116. The number of hydrogen-bond donors (Lipinski definition) is 1. The first-order valence-electron chi connectivity index (χ1n) is 7.29. The van der Waals surface area contributed by atoms with Gasteiger partial charge < -0.3 is 19.4 Å². The van der Waals surface area contributed by atoms with E-state index in [2.05, 4.69) is 5.32 Å². The molecule has 0 aliphatic carbocycles. The zero-order chi connectivity index (χ0) is 16.6. The fourth-order valence-electron chi connectivity index (χ4n) is 1.62. The van der Waals surface area contributed by atoms with Crippen molar-refractivity contribution in [2.45, 2.75) is 33.3 Å². The summed E-state index contributed by atoms with van der Waals surface area (Å²) in [5, 5.41) is 2.71. The molecule has 1 aromatic rings. The largest absolute Gasteiger partial charge is 0.465 e. The van der Waals surface area contributed by atoms with Crippen LogP contribution in [0.15, 0.2) is 28.9 Å². The quantitative estimate of drug-likeness (QED) is 0.820. The fourth-order valence-corrected chi connectivity index (χ4v) is 1.62. The molecule has 1 N–H and O–H groups in total. The molecule has 0 saturated carbocycles. The number of amides is 2. The van der Waals surface area contributed by atoms with E-state index in [1.54, 1.807) is 23.1 Å². The van der Waals surface area contributed by atoms with Gasteiger partial charge in [0.1, 0.15) is 11.4 Å². The molecule has 1 heterocycles. The van der Waals surface area contributed by atoms with Gasteiger partial charge in [-0.2, -0.15) is 0 Å². The van der Waals surface area contributed by atoms with E-state index in [4.69, 9.17) is 9.15 Å². The molecule has 1 rings (SSSR count). The predicted molar refractivity (Wildman–Crippen MR) is 84.2 cm³/mol. The maximum atomic E-state index is 11.9. The van der Waals surface area contributed by atoms with Crippen molar-refractivity contribution in [1.82, 2.24) is 10.2 Å². The van der Waals surface area contributed by atoms with Gasteiger partial charge in [-0.25, -0.2) is 4.79 Å². The summed E-state index contributed by atoms with van der Waals surface area (Å²) in [6.07, 6.45) is 4.14. The number of furan rings is 1. The van der Waals surface area contributed by atoms with Crippen LogP contribution in [0, 0.1) is 0 Å². The zero-order valence-corrected chi connectivity index (χ0v) is 13.6. The molecule has 0 radical (unpaired) electrons. The van der Waals surface area contributed by atoms with Crippen molar-refractivity contribution in [2.24, 2.45) is 0 Å². The van der Waals surface area contributed by atoms with Gasteiger partial charge in [0.15, 0.2) is 0 Å². The highest BCUT2D eigenvalue weighted by molar-refractivity contribution is 5.91. The van der Waals surface area contributed by atoms with Crippen LogP contribution in [0.4, 0.5) is 4.79 Å². The van der Waals surface area contributed by atoms with Crippen molar-refractivity contribution in [1.29, 1.82) is 0 Å². The number of nitrogens with zero attached hydrogens (tertiary/aromatic N) is 1. The third kappa shape index (κ3) is 6.97. The molecule has 0 unspecified atom stereocenters. The van der Waals surface area contributed by atoms with E-state index in [9.17, 15) is 9.59 Å². The Bertz CT molecular complexity index is 501. The Morgan fingerprint density at radius 1 is 1.41 bits per heavy atom. The fraction of sp³-hybridized carbons (Fsp3) is 0.500. The first-order valence-corrected chi connectivity index (χ1v) is 7.29. The maximum absolute atomic E-state index is 11.9. The topological polar surface area (TPSA) is 71.8 Å². The molecule has 122 valence electrons. The SMILES string of the molecule is CCN(CCNC(=O)C=Cc1ccco1)C(=O)OC(C)(C)C. The Kier molecular flexibility index (Phi) is 6.69. The van der Waals surface area contributed by atoms with Crippen LogP contribution in [0.5, 0.6) is 0 Å². The Morgan fingerprint density at radius 3 is 2.68 bits per heavy atom. The molecule has 0 fully saturated rings. The highest BCUT2D eigenvalue weighted by Gasteiger charge is 2.20. The Balaban J connectivity index is 2.34. The van der Waals surface area contributed by atoms with Crippen LogP contribution in [0.1, 0.15) is 33.5 Å². The van der Waals surface area contributed by atoms with Gasteiger partial charge in [-0.15, -0.1) is 0 Å². The number of nitrogens with one attached hydrogen (secondary N) is 1. The highest BCUT2D eigenvalue weighted by Crippen LogP contribution is 2.09. The maximum Gasteiger partial charge on any atom is 0.410 e. The molecule has 0 spiro atoms. The summed E-state index contributed by atoms with van der Waals surface area (Å²) >= 11 is 0. The monoisotopic (exact) mass is 308 g/mol. The van der Waals surface area contributed by atoms with Crippen LogP contribution in [-0.4, -0.2) is 42.1 Å². The van der Waals surface area contributed by atoms with Crippen molar-refractivity contribution in [3.05, 3.63) is 30.2 Å². The minimum absolute atomic E-state index is 0.239. The number of ether oxygens (including phenoxy) is 1. The first-order chi connectivity index (χ1) is 10.3. The van der Waals surface area contributed by atoms with Crippen LogP contribution in [0.25, 0.3) is 6.08 Å². The van der Waals surface area contributed by atoms with E-state index in [0.717, 1.165) is 0 Å². The summed E-state index contributed by atoms with van der Waals surface area (Å²) in [6, 6.07) is 3.50. The molecule has 2 amide bonds. The second-order valence-corrected chi connectivity index (χ2v) is 5.70. The van der Waals surface area contributed by atoms with Gasteiger partial charge in [-0.1, -0.05) is 0 Å². The third-order valence-electron chi connectivity index (χ3n) is 2.66. The predicted octanol–water partition coefficient (Wildman–Crippen LogP) is 2.67. The number of hydrogen-bond acceptors (Lipinski definition) is 4. The molecule has 0 aliphatic heterocycles. The number of carbonyl (C=O) groups is 2. The average Bonchev–Trinajstić information content (AvgIpc) is 2.92. The number of likely N-dealkylation sites (N-methyl/N-ethyl adjacent to an activating group) is 1. The molecule has 0 saturated heterocycles. The Hall–Kier alpha value is -2.24. The molecule has 0 atom stereocenters. The summed E-state index contributed by atoms with van der Waals surface area (Å²) in [5.41, 5.74) is -0.528. The van der Waals surface area contributed by atoms with Gasteiger partial charge in [-0.05, 0) is 45.9 Å². The van der Waals surface area contributed by atoms with Gasteiger partial charge in [-0.3, -0.25) is 4.79 Å². The minimum Gasteiger partial charge on any atom is -0.465 e. The summed E-state index contributed by atoms with van der Waals surface area (Å²) in [4.78, 5) is 25.1. The van der Waals surface area contributed by atoms with E-state index in [1.165, 1.54) is 12.3 Å². The summed E-state index contributed by atoms with van der Waals surface area (Å²) in [7, 11) is 0. The molecule has 1 aromatic heterocycles. The molecular formula is C16H24N2O4. The standard InChI is InChI=1S/C16H24N2O4/c1-5-18(15(20)22-16(2,3)4)11-10-17-14(19)9-8-13-7-6-12-21-13/h6-9,12H,5,10-11H2,1-4H3,(H,17,19). The summed E-state index contributed by atoms with van der Waals surface area (Å²) in [5.74, 6) is 0.371. The number of rotatable bonds is 6. The van der Waals surface area contributed by atoms with Gasteiger partial charge in [0.25, 0.3) is 0 Å². The van der Waals surface area contributed by atoms with Crippen molar-refractivity contribution >= 4 is 18.1 Å². The van der Waals surface area contributed by atoms with Crippen LogP contribution in [-0.2, 0) is 9.53 Å². The van der Waals surface area contributed by atoms with Crippen molar-refractivity contribution in [2.75, 3.05) is 19.6 Å². The average molecular weight is 308 g/mol. The van der Waals surface area contributed by atoms with E-state index in [1.807, 2.05) is 27.7 Å². The van der Waals surface area contributed by atoms with Crippen molar-refractivity contribution < 1.29 is 18.7 Å². The molecule has 22 heavy (non-hydrogen) atoms. The van der Waals surface area contributed by atoms with Crippen molar-refractivity contribution in [3.63, 3.8) is 0 Å². The smallest absolute Gasteiger partial charge is 0.410 e. The van der Waals surface area contributed by atoms with E-state index in [-0.39, 0.29) is 12.0 Å². The van der Waals surface area contributed by atoms with Gasteiger partial charge >= 0.3 is 6.09 Å². The van der Waals surface area contributed by atoms with Gasteiger partial charge in [0, 0.05) is 25.7 Å². The molecule has 0 aromatic carbocycles. The van der Waals surface area contributed by atoms with Gasteiger partial charge in [0.05, 0.1) is 6.26 Å². The van der Waals surface area contributed by atoms with Crippen LogP contribution < -0.4 is 5.32 Å². The van der Waals surface area contributed by atoms with Crippen LogP contribution in [0.2, 0.25) is 0 Å². The Morgan fingerprint density at radius 2 is 2.14 bits per heavy atom. The van der Waals surface area contributed by atoms with E-state index >= 15 is 0 Å². The van der Waals surface area contributed by atoms with Crippen molar-refractivity contribution in [3.8, 4) is 0 Å². The molecular weight excluding hydrogens is 284 g/mol. The summed E-state index contributed by atoms with van der Waals surface area (Å²) in [6.45, 7) is 8.59. The zero-order valence-electron chi connectivity index (χ0n) is 13.6. The van der Waals surface area contributed by atoms with E-state index < -0.39 is 5.60 Å². The lowest BCUT2D eigenvalue weighted by Crippen LogP contribution is -2.41. The normalized spacial score (nSPS) is 11.5. The second-order valence-electron chi connectivity index (χ2n) is 5.70. The minimum atomic E-state index is -0.528. The highest BCUT2D eigenvalue weighted by atomic mass is 16.6. The Labute approximate surface area is 131 Å². The lowest BCUT2D eigenvalue weighted by Gasteiger charge is -2.26. The molecule has 6 nitrogen and oxygen atoms in total. The molecule has 0 bridgehead atoms. The molecule has 6 heteroatoms. The lowest BCUT2D eigenvalue weighted by atomic mass is 10.2. The summed E-state index contributed by atoms with van der Waals surface area (Å²) < 4.78 is 10.4. The molecule has 0 aliphatic rings. The number of carbonyl (C=O) groups excluding carboxylic acids is 2.